The minimum absolute atomic E-state index is 0.00988. The Balaban J connectivity index is 1.67. The van der Waals surface area contributed by atoms with Crippen LogP contribution in [0, 0.1) is 0 Å². The summed E-state index contributed by atoms with van der Waals surface area (Å²) in [7, 11) is -3.76. The molecule has 1 unspecified atom stereocenters. The Morgan fingerprint density at radius 2 is 1.93 bits per heavy atom. The number of fused-ring (bicyclic) bond motifs is 1. The molecule has 2 heterocycles. The quantitative estimate of drug-likeness (QED) is 0.643. The molecule has 4 rings (SSSR count). The molecular weight excluding hydrogens is 396 g/mol. The topological polar surface area (TPSA) is 84.5 Å². The van der Waals surface area contributed by atoms with E-state index in [2.05, 4.69) is 10.0 Å². The fourth-order valence-electron chi connectivity index (χ4n) is 3.23. The summed E-state index contributed by atoms with van der Waals surface area (Å²) in [4.78, 5) is 12.8. The number of carbonyl (C=O) groups is 1. The molecule has 0 bridgehead atoms. The second-order valence-corrected chi connectivity index (χ2v) is 9.48. The van der Waals surface area contributed by atoms with Crippen LogP contribution in [0.15, 0.2) is 58.1 Å². The second kappa shape index (κ2) is 7.90. The van der Waals surface area contributed by atoms with Crippen molar-refractivity contribution < 1.29 is 17.9 Å². The van der Waals surface area contributed by atoms with E-state index in [0.717, 1.165) is 35.0 Å². The standard InChI is InChI=1S/C20H20N2O4S2/c23-20(21-13-16-7-3-9-26-16)17-11-14-5-1-2-6-15(14)12-18(17)22-28(24,25)19-8-4-10-27-19/h1-2,4-6,8,10-12,16,22H,3,7,9,13H2,(H,21,23). The summed E-state index contributed by atoms with van der Waals surface area (Å²) >= 11 is 1.13. The molecule has 8 heteroatoms. The summed E-state index contributed by atoms with van der Waals surface area (Å²) in [6.07, 6.45) is 1.91. The van der Waals surface area contributed by atoms with E-state index in [-0.39, 0.29) is 27.5 Å². The fourth-order valence-corrected chi connectivity index (χ4v) is 5.29. The second-order valence-electron chi connectivity index (χ2n) is 6.63. The van der Waals surface area contributed by atoms with Gasteiger partial charge in [0.2, 0.25) is 0 Å². The van der Waals surface area contributed by atoms with Crippen molar-refractivity contribution in [2.75, 3.05) is 17.9 Å². The van der Waals surface area contributed by atoms with Crippen LogP contribution in [0.25, 0.3) is 10.8 Å². The highest BCUT2D eigenvalue weighted by Gasteiger charge is 2.22. The maximum absolute atomic E-state index is 12.8. The molecule has 2 N–H and O–H groups in total. The molecule has 2 aromatic carbocycles. The third kappa shape index (κ3) is 4.04. The number of rotatable bonds is 6. The largest absolute Gasteiger partial charge is 0.376 e. The third-order valence-corrected chi connectivity index (χ3v) is 7.41. The molecule has 1 fully saturated rings. The number of anilines is 1. The van der Waals surface area contributed by atoms with Gasteiger partial charge in [-0.25, -0.2) is 8.42 Å². The van der Waals surface area contributed by atoms with E-state index in [9.17, 15) is 13.2 Å². The first-order valence-corrected chi connectivity index (χ1v) is 11.4. The minimum atomic E-state index is -3.76. The van der Waals surface area contributed by atoms with Gasteiger partial charge in [-0.3, -0.25) is 9.52 Å². The van der Waals surface area contributed by atoms with E-state index < -0.39 is 10.0 Å². The van der Waals surface area contributed by atoms with E-state index >= 15 is 0 Å². The first-order chi connectivity index (χ1) is 13.5. The Hall–Kier alpha value is -2.42. The van der Waals surface area contributed by atoms with E-state index in [4.69, 9.17) is 4.74 Å². The fraction of sp³-hybridized carbons (Fsp3) is 0.250. The lowest BCUT2D eigenvalue weighted by Crippen LogP contribution is -2.32. The molecule has 0 aliphatic carbocycles. The first-order valence-electron chi connectivity index (χ1n) is 9.02. The number of benzene rings is 2. The van der Waals surface area contributed by atoms with Gasteiger partial charge in [0.15, 0.2) is 0 Å². The van der Waals surface area contributed by atoms with Gasteiger partial charge in [0, 0.05) is 13.2 Å². The van der Waals surface area contributed by atoms with Crippen LogP contribution in [-0.4, -0.2) is 33.6 Å². The van der Waals surface area contributed by atoms with Crippen LogP contribution in [-0.2, 0) is 14.8 Å². The molecule has 0 spiro atoms. The van der Waals surface area contributed by atoms with Gasteiger partial charge in [-0.05, 0) is 47.2 Å². The number of thiophene rings is 1. The van der Waals surface area contributed by atoms with Crippen molar-refractivity contribution in [2.45, 2.75) is 23.2 Å². The van der Waals surface area contributed by atoms with Crippen LogP contribution in [0.2, 0.25) is 0 Å². The number of nitrogens with one attached hydrogen (secondary N) is 2. The first kappa shape index (κ1) is 18.9. The highest BCUT2D eigenvalue weighted by Crippen LogP contribution is 2.28. The zero-order valence-electron chi connectivity index (χ0n) is 15.1. The molecule has 0 saturated carbocycles. The van der Waals surface area contributed by atoms with Gasteiger partial charge < -0.3 is 10.1 Å². The predicted octanol–water partition coefficient (Wildman–Crippen LogP) is 3.61. The highest BCUT2D eigenvalue weighted by atomic mass is 32.2. The lowest BCUT2D eigenvalue weighted by Gasteiger charge is -2.15. The molecular formula is C20H20N2O4S2. The molecule has 1 aliphatic rings. The number of sulfonamides is 1. The predicted molar refractivity (Wildman–Crippen MR) is 110 cm³/mol. The number of amides is 1. The average Bonchev–Trinajstić information content (AvgIpc) is 3.39. The summed E-state index contributed by atoms with van der Waals surface area (Å²) < 4.78 is 33.7. The summed E-state index contributed by atoms with van der Waals surface area (Å²) in [5.41, 5.74) is 0.550. The van der Waals surface area contributed by atoms with E-state index in [1.54, 1.807) is 23.6 Å². The van der Waals surface area contributed by atoms with E-state index in [1.165, 1.54) is 6.07 Å². The monoisotopic (exact) mass is 416 g/mol. The molecule has 1 saturated heterocycles. The van der Waals surface area contributed by atoms with Crippen molar-refractivity contribution >= 4 is 43.7 Å². The highest BCUT2D eigenvalue weighted by molar-refractivity contribution is 7.94. The van der Waals surface area contributed by atoms with Crippen molar-refractivity contribution in [3.63, 3.8) is 0 Å². The summed E-state index contributed by atoms with van der Waals surface area (Å²) in [5.74, 6) is -0.329. The Kier molecular flexibility index (Phi) is 5.34. The SMILES string of the molecule is O=C(NCC1CCCO1)c1cc2ccccc2cc1NS(=O)(=O)c1cccs1. The number of carbonyl (C=O) groups excluding carboxylic acids is 1. The lowest BCUT2D eigenvalue weighted by molar-refractivity contribution is 0.0858. The van der Waals surface area contributed by atoms with Crippen molar-refractivity contribution in [2.24, 2.45) is 0 Å². The maximum Gasteiger partial charge on any atom is 0.271 e. The van der Waals surface area contributed by atoms with Crippen molar-refractivity contribution in [3.05, 3.63) is 59.5 Å². The van der Waals surface area contributed by atoms with Crippen molar-refractivity contribution in [1.29, 1.82) is 0 Å². The van der Waals surface area contributed by atoms with Crippen LogP contribution in [0.5, 0.6) is 0 Å². The van der Waals surface area contributed by atoms with Crippen molar-refractivity contribution in [3.8, 4) is 0 Å². The van der Waals surface area contributed by atoms with Gasteiger partial charge >= 0.3 is 0 Å². The van der Waals surface area contributed by atoms with Gasteiger partial charge in [0.1, 0.15) is 4.21 Å². The molecule has 1 amide bonds. The van der Waals surface area contributed by atoms with Gasteiger partial charge in [0.05, 0.1) is 17.4 Å². The molecule has 6 nitrogen and oxygen atoms in total. The number of hydrogen-bond acceptors (Lipinski definition) is 5. The molecule has 3 aromatic rings. The van der Waals surface area contributed by atoms with Crippen LogP contribution >= 0.6 is 11.3 Å². The average molecular weight is 417 g/mol. The smallest absolute Gasteiger partial charge is 0.271 e. The van der Waals surface area contributed by atoms with Gasteiger partial charge in [0.25, 0.3) is 15.9 Å². The van der Waals surface area contributed by atoms with Crippen LogP contribution in [0.3, 0.4) is 0 Å². The Morgan fingerprint density at radius 1 is 1.14 bits per heavy atom. The summed E-state index contributed by atoms with van der Waals surface area (Å²) in [6.45, 7) is 1.12. The molecule has 146 valence electrons. The van der Waals surface area contributed by atoms with Gasteiger partial charge in [-0.1, -0.05) is 30.3 Å². The molecule has 1 aromatic heterocycles. The van der Waals surface area contributed by atoms with Crippen molar-refractivity contribution in [1.82, 2.24) is 5.32 Å². The normalized spacial score (nSPS) is 16.9. The lowest BCUT2D eigenvalue weighted by atomic mass is 10.0. The Bertz CT molecular complexity index is 1090. The van der Waals surface area contributed by atoms with Gasteiger partial charge in [-0.2, -0.15) is 0 Å². The Morgan fingerprint density at radius 3 is 2.61 bits per heavy atom. The Labute approximate surface area is 167 Å². The third-order valence-electron chi connectivity index (χ3n) is 4.65. The van der Waals surface area contributed by atoms with Gasteiger partial charge in [-0.15, -0.1) is 11.3 Å². The molecule has 0 radical (unpaired) electrons. The maximum atomic E-state index is 12.8. The molecule has 1 atom stereocenters. The summed E-state index contributed by atoms with van der Waals surface area (Å²) in [5, 5.41) is 6.28. The van der Waals surface area contributed by atoms with E-state index in [0.29, 0.717) is 13.2 Å². The minimum Gasteiger partial charge on any atom is -0.376 e. The zero-order valence-corrected chi connectivity index (χ0v) is 16.7. The number of hydrogen-bond donors (Lipinski definition) is 2. The van der Waals surface area contributed by atoms with Crippen LogP contribution < -0.4 is 10.0 Å². The molecule has 28 heavy (non-hydrogen) atoms. The zero-order chi connectivity index (χ0) is 19.6. The van der Waals surface area contributed by atoms with Crippen LogP contribution in [0.4, 0.5) is 5.69 Å². The van der Waals surface area contributed by atoms with E-state index in [1.807, 2.05) is 24.3 Å². The number of ether oxygens (including phenoxy) is 1. The summed E-state index contributed by atoms with van der Waals surface area (Å²) in [6, 6.07) is 14.1. The molecule has 1 aliphatic heterocycles. The van der Waals surface area contributed by atoms with Crippen LogP contribution in [0.1, 0.15) is 23.2 Å².